The monoisotopic (exact) mass is 362 g/mol. The largest absolute Gasteiger partial charge is 0.392 e. The van der Waals surface area contributed by atoms with Crippen molar-refractivity contribution in [3.8, 4) is 0 Å². The predicted octanol–water partition coefficient (Wildman–Crippen LogP) is 4.47. The van der Waals surface area contributed by atoms with E-state index in [1.807, 2.05) is 30.3 Å². The van der Waals surface area contributed by atoms with Gasteiger partial charge >= 0.3 is 0 Å². The minimum absolute atomic E-state index is 0.361. The van der Waals surface area contributed by atoms with Crippen LogP contribution in [0.2, 0.25) is 10.0 Å². The molecule has 126 valence electrons. The van der Waals surface area contributed by atoms with E-state index in [9.17, 15) is 5.11 Å². The number of nitrogens with one attached hydrogen (secondary N) is 1. The Morgan fingerprint density at radius 2 is 1.79 bits per heavy atom. The van der Waals surface area contributed by atoms with Gasteiger partial charge in [0, 0.05) is 45.8 Å². The van der Waals surface area contributed by atoms with E-state index in [0.717, 1.165) is 11.1 Å². The SMILES string of the molecule is C[C@@H](O)CNCc1cn(Cc2c(Cl)cccc2Cl)c2ccccc12. The van der Waals surface area contributed by atoms with Crippen LogP contribution in [0.25, 0.3) is 10.9 Å². The Morgan fingerprint density at radius 1 is 1.08 bits per heavy atom. The van der Waals surface area contributed by atoms with E-state index in [0.29, 0.717) is 29.7 Å². The van der Waals surface area contributed by atoms with E-state index >= 15 is 0 Å². The molecule has 0 fully saturated rings. The quantitative estimate of drug-likeness (QED) is 0.678. The normalized spacial score (nSPS) is 12.7. The summed E-state index contributed by atoms with van der Waals surface area (Å²) in [4.78, 5) is 0. The third-order valence-corrected chi connectivity index (χ3v) is 4.72. The van der Waals surface area contributed by atoms with Gasteiger partial charge in [-0.05, 0) is 30.7 Å². The molecule has 0 unspecified atom stereocenters. The Kier molecular flexibility index (Phi) is 5.47. The topological polar surface area (TPSA) is 37.2 Å². The average Bonchev–Trinajstić information content (AvgIpc) is 2.89. The summed E-state index contributed by atoms with van der Waals surface area (Å²) >= 11 is 12.6. The van der Waals surface area contributed by atoms with Gasteiger partial charge in [0.1, 0.15) is 0 Å². The van der Waals surface area contributed by atoms with Crippen molar-refractivity contribution in [2.24, 2.45) is 0 Å². The first-order valence-electron chi connectivity index (χ1n) is 7.94. The maximum Gasteiger partial charge on any atom is 0.0636 e. The van der Waals surface area contributed by atoms with Crippen LogP contribution in [0.5, 0.6) is 0 Å². The second kappa shape index (κ2) is 7.58. The molecule has 0 aliphatic carbocycles. The summed E-state index contributed by atoms with van der Waals surface area (Å²) in [5.41, 5.74) is 3.25. The highest BCUT2D eigenvalue weighted by molar-refractivity contribution is 6.36. The van der Waals surface area contributed by atoms with E-state index in [-0.39, 0.29) is 6.10 Å². The summed E-state index contributed by atoms with van der Waals surface area (Å²) < 4.78 is 2.17. The Bertz CT molecular complexity index is 822. The number of nitrogens with zero attached hydrogens (tertiary/aromatic N) is 1. The maximum atomic E-state index is 9.41. The van der Waals surface area contributed by atoms with Crippen molar-refractivity contribution in [2.75, 3.05) is 6.54 Å². The number of aliphatic hydroxyl groups is 1. The molecule has 3 aromatic rings. The van der Waals surface area contributed by atoms with Crippen LogP contribution in [0.15, 0.2) is 48.7 Å². The molecule has 0 radical (unpaired) electrons. The fourth-order valence-electron chi connectivity index (χ4n) is 2.86. The van der Waals surface area contributed by atoms with E-state index in [1.165, 1.54) is 10.9 Å². The second-order valence-electron chi connectivity index (χ2n) is 5.98. The van der Waals surface area contributed by atoms with Gasteiger partial charge in [0.2, 0.25) is 0 Å². The van der Waals surface area contributed by atoms with Gasteiger partial charge in [-0.2, -0.15) is 0 Å². The lowest BCUT2D eigenvalue weighted by Gasteiger charge is -2.09. The van der Waals surface area contributed by atoms with Gasteiger partial charge < -0.3 is 15.0 Å². The van der Waals surface area contributed by atoms with Crippen LogP contribution < -0.4 is 5.32 Å². The molecule has 0 saturated heterocycles. The Hall–Kier alpha value is -1.52. The predicted molar refractivity (Wildman–Crippen MR) is 101 cm³/mol. The molecular formula is C19H20Cl2N2O. The number of benzene rings is 2. The minimum atomic E-state index is -0.361. The first kappa shape index (κ1) is 17.3. The van der Waals surface area contributed by atoms with Crippen LogP contribution in [0.4, 0.5) is 0 Å². The number of aromatic nitrogens is 1. The van der Waals surface area contributed by atoms with Gasteiger partial charge in [0.25, 0.3) is 0 Å². The van der Waals surface area contributed by atoms with Crippen LogP contribution >= 0.6 is 23.2 Å². The van der Waals surface area contributed by atoms with Gasteiger partial charge in [-0.1, -0.05) is 47.5 Å². The number of halogens is 2. The molecule has 0 bridgehead atoms. The lowest BCUT2D eigenvalue weighted by atomic mass is 10.2. The van der Waals surface area contributed by atoms with Crippen LogP contribution in [-0.2, 0) is 13.1 Å². The molecule has 0 amide bonds. The van der Waals surface area contributed by atoms with E-state index in [1.54, 1.807) is 6.92 Å². The molecule has 0 aliphatic rings. The van der Waals surface area contributed by atoms with Crippen LogP contribution in [0, 0.1) is 0 Å². The lowest BCUT2D eigenvalue weighted by molar-refractivity contribution is 0.191. The third-order valence-electron chi connectivity index (χ3n) is 4.02. The van der Waals surface area contributed by atoms with Crippen molar-refractivity contribution in [2.45, 2.75) is 26.1 Å². The number of hydrogen-bond donors (Lipinski definition) is 2. The van der Waals surface area contributed by atoms with Crippen molar-refractivity contribution in [1.29, 1.82) is 0 Å². The minimum Gasteiger partial charge on any atom is -0.392 e. The highest BCUT2D eigenvalue weighted by atomic mass is 35.5. The van der Waals surface area contributed by atoms with Gasteiger partial charge in [-0.15, -0.1) is 0 Å². The Labute approximate surface area is 151 Å². The number of para-hydroxylation sites is 1. The van der Waals surface area contributed by atoms with Crippen LogP contribution in [0.3, 0.4) is 0 Å². The zero-order valence-corrected chi connectivity index (χ0v) is 15.0. The van der Waals surface area contributed by atoms with Crippen LogP contribution in [-0.4, -0.2) is 22.3 Å². The van der Waals surface area contributed by atoms with Gasteiger partial charge in [-0.3, -0.25) is 0 Å². The van der Waals surface area contributed by atoms with Crippen molar-refractivity contribution in [1.82, 2.24) is 9.88 Å². The fourth-order valence-corrected chi connectivity index (χ4v) is 3.38. The molecule has 2 aromatic carbocycles. The van der Waals surface area contributed by atoms with Crippen molar-refractivity contribution in [3.05, 3.63) is 69.8 Å². The Balaban J connectivity index is 1.93. The van der Waals surface area contributed by atoms with E-state index in [2.05, 4.69) is 28.2 Å². The van der Waals surface area contributed by atoms with E-state index < -0.39 is 0 Å². The molecule has 0 saturated carbocycles. The number of rotatable bonds is 6. The first-order valence-corrected chi connectivity index (χ1v) is 8.70. The molecule has 5 heteroatoms. The summed E-state index contributed by atoms with van der Waals surface area (Å²) in [6, 6.07) is 13.8. The molecule has 1 heterocycles. The second-order valence-corrected chi connectivity index (χ2v) is 6.79. The zero-order valence-electron chi connectivity index (χ0n) is 13.5. The van der Waals surface area contributed by atoms with Crippen molar-refractivity contribution >= 4 is 34.1 Å². The van der Waals surface area contributed by atoms with Crippen molar-refractivity contribution in [3.63, 3.8) is 0 Å². The lowest BCUT2D eigenvalue weighted by Crippen LogP contribution is -2.23. The average molecular weight is 363 g/mol. The summed E-state index contributed by atoms with van der Waals surface area (Å²) in [6.07, 6.45) is 1.76. The standard InChI is InChI=1S/C19H20Cl2N2O/c1-13(24)9-22-10-14-11-23(19-8-3-2-5-15(14)19)12-16-17(20)6-4-7-18(16)21/h2-8,11,13,22,24H,9-10,12H2,1H3/t13-/m1/s1. The molecule has 1 aromatic heterocycles. The molecular weight excluding hydrogens is 343 g/mol. The van der Waals surface area contributed by atoms with E-state index in [4.69, 9.17) is 23.2 Å². The molecule has 2 N–H and O–H groups in total. The van der Waals surface area contributed by atoms with Crippen LogP contribution in [0.1, 0.15) is 18.1 Å². The summed E-state index contributed by atoms with van der Waals surface area (Å²) in [6.45, 7) is 3.66. The highest BCUT2D eigenvalue weighted by Crippen LogP contribution is 2.28. The highest BCUT2D eigenvalue weighted by Gasteiger charge is 2.11. The molecule has 3 rings (SSSR count). The molecule has 24 heavy (non-hydrogen) atoms. The molecule has 0 spiro atoms. The Morgan fingerprint density at radius 3 is 2.50 bits per heavy atom. The maximum absolute atomic E-state index is 9.41. The third kappa shape index (κ3) is 3.76. The summed E-state index contributed by atoms with van der Waals surface area (Å²) in [5.74, 6) is 0. The first-order chi connectivity index (χ1) is 11.6. The van der Waals surface area contributed by atoms with Gasteiger partial charge in [0.05, 0.1) is 12.6 Å². The summed E-state index contributed by atoms with van der Waals surface area (Å²) in [7, 11) is 0. The van der Waals surface area contributed by atoms with Gasteiger partial charge in [0.15, 0.2) is 0 Å². The molecule has 3 nitrogen and oxygen atoms in total. The fraction of sp³-hybridized carbons (Fsp3) is 0.263. The number of hydrogen-bond acceptors (Lipinski definition) is 2. The number of aliphatic hydroxyl groups excluding tert-OH is 1. The number of fused-ring (bicyclic) bond motifs is 1. The molecule has 1 atom stereocenters. The molecule has 0 aliphatic heterocycles. The van der Waals surface area contributed by atoms with Gasteiger partial charge in [-0.25, -0.2) is 0 Å². The van der Waals surface area contributed by atoms with Crippen molar-refractivity contribution < 1.29 is 5.11 Å². The smallest absolute Gasteiger partial charge is 0.0636 e. The zero-order chi connectivity index (χ0) is 17.1. The summed E-state index contributed by atoms with van der Waals surface area (Å²) in [5, 5.41) is 15.2.